The number of hydrogen-bond donors (Lipinski definition) is 1. The van der Waals surface area contributed by atoms with Crippen molar-refractivity contribution >= 4 is 16.9 Å². The molecule has 2 aromatic carbocycles. The van der Waals surface area contributed by atoms with Crippen LogP contribution in [0.2, 0.25) is 0 Å². The largest absolute Gasteiger partial charge is 0.344 e. The highest BCUT2D eigenvalue weighted by Crippen LogP contribution is 2.11. The zero-order valence-corrected chi connectivity index (χ0v) is 12.3. The summed E-state index contributed by atoms with van der Waals surface area (Å²) < 4.78 is 15.1. The predicted molar refractivity (Wildman–Crippen MR) is 86.0 cm³/mol. The maximum Gasteiger partial charge on any atom is 0.240 e. The molecule has 1 aromatic heterocycles. The smallest absolute Gasteiger partial charge is 0.240 e. The number of nitrogens with zero attached hydrogens (tertiary/aromatic N) is 2. The summed E-state index contributed by atoms with van der Waals surface area (Å²) in [5.41, 5.74) is 2.07. The molecule has 3 aromatic rings. The van der Waals surface area contributed by atoms with Crippen LogP contribution in [0.25, 0.3) is 11.0 Å². The van der Waals surface area contributed by atoms with Crippen LogP contribution in [0.5, 0.6) is 0 Å². The lowest BCUT2D eigenvalue weighted by Crippen LogP contribution is -2.27. The first kappa shape index (κ1) is 14.8. The standard InChI is InChI=1S/C18H14FN3O/c19-15-8-2-1-6-14(15)7-5-11-20-18(23)12-22-13-21-16-9-3-4-10-17(16)22/h1-4,6,8-10,13H,11-12H2,(H,20,23). The van der Waals surface area contributed by atoms with Gasteiger partial charge in [-0.25, -0.2) is 9.37 Å². The number of amides is 1. The average molecular weight is 307 g/mol. The highest BCUT2D eigenvalue weighted by atomic mass is 19.1. The molecule has 1 N–H and O–H groups in total. The van der Waals surface area contributed by atoms with Crippen molar-refractivity contribution in [1.29, 1.82) is 0 Å². The van der Waals surface area contributed by atoms with Gasteiger partial charge in [0.25, 0.3) is 0 Å². The van der Waals surface area contributed by atoms with E-state index in [1.807, 2.05) is 24.3 Å². The van der Waals surface area contributed by atoms with E-state index in [-0.39, 0.29) is 24.8 Å². The monoisotopic (exact) mass is 307 g/mol. The molecule has 5 heteroatoms. The van der Waals surface area contributed by atoms with E-state index in [0.717, 1.165) is 11.0 Å². The van der Waals surface area contributed by atoms with Crippen LogP contribution in [0.4, 0.5) is 4.39 Å². The molecule has 23 heavy (non-hydrogen) atoms. The minimum atomic E-state index is -0.365. The van der Waals surface area contributed by atoms with Crippen molar-refractivity contribution in [3.05, 3.63) is 66.2 Å². The second kappa shape index (κ2) is 6.75. The van der Waals surface area contributed by atoms with Gasteiger partial charge in [-0.2, -0.15) is 0 Å². The van der Waals surface area contributed by atoms with E-state index in [9.17, 15) is 9.18 Å². The molecule has 3 rings (SSSR count). The number of imidazole rings is 1. The summed E-state index contributed by atoms with van der Waals surface area (Å²) in [6, 6.07) is 13.9. The normalized spacial score (nSPS) is 10.1. The number of hydrogen-bond acceptors (Lipinski definition) is 2. The fourth-order valence-corrected chi connectivity index (χ4v) is 2.19. The zero-order valence-electron chi connectivity index (χ0n) is 12.3. The van der Waals surface area contributed by atoms with E-state index >= 15 is 0 Å². The lowest BCUT2D eigenvalue weighted by molar-refractivity contribution is -0.121. The number of fused-ring (bicyclic) bond motifs is 1. The van der Waals surface area contributed by atoms with Crippen molar-refractivity contribution in [2.45, 2.75) is 6.54 Å². The Kier molecular flexibility index (Phi) is 4.34. The van der Waals surface area contributed by atoms with E-state index < -0.39 is 0 Å². The molecule has 0 aliphatic heterocycles. The van der Waals surface area contributed by atoms with Crippen molar-refractivity contribution in [2.75, 3.05) is 6.54 Å². The molecule has 0 aliphatic rings. The molecule has 0 radical (unpaired) electrons. The number of rotatable bonds is 3. The number of carbonyl (C=O) groups is 1. The van der Waals surface area contributed by atoms with E-state index in [4.69, 9.17) is 0 Å². The Morgan fingerprint density at radius 2 is 1.96 bits per heavy atom. The van der Waals surface area contributed by atoms with Crippen LogP contribution in [0.3, 0.4) is 0 Å². The Morgan fingerprint density at radius 1 is 1.17 bits per heavy atom. The number of benzene rings is 2. The number of aromatic nitrogens is 2. The van der Waals surface area contributed by atoms with Crippen molar-refractivity contribution in [3.63, 3.8) is 0 Å². The van der Waals surface area contributed by atoms with Crippen molar-refractivity contribution in [2.24, 2.45) is 0 Å². The van der Waals surface area contributed by atoms with Gasteiger partial charge in [-0.15, -0.1) is 0 Å². The number of nitrogens with one attached hydrogen (secondary N) is 1. The van der Waals surface area contributed by atoms with Crippen LogP contribution in [0, 0.1) is 17.7 Å². The molecular formula is C18H14FN3O. The first-order valence-corrected chi connectivity index (χ1v) is 7.14. The van der Waals surface area contributed by atoms with Crippen LogP contribution in [0.15, 0.2) is 54.9 Å². The highest BCUT2D eigenvalue weighted by Gasteiger charge is 2.05. The molecular weight excluding hydrogens is 293 g/mol. The van der Waals surface area contributed by atoms with Gasteiger partial charge in [-0.3, -0.25) is 4.79 Å². The van der Waals surface area contributed by atoms with Gasteiger partial charge in [0.05, 0.1) is 29.5 Å². The number of halogens is 1. The molecule has 0 aliphatic carbocycles. The van der Waals surface area contributed by atoms with Gasteiger partial charge in [-0.05, 0) is 24.3 Å². The highest BCUT2D eigenvalue weighted by molar-refractivity contribution is 5.80. The first-order valence-electron chi connectivity index (χ1n) is 7.14. The number of carbonyl (C=O) groups excluding carboxylic acids is 1. The van der Waals surface area contributed by atoms with E-state index in [1.165, 1.54) is 6.07 Å². The predicted octanol–water partition coefficient (Wildman–Crippen LogP) is 2.34. The van der Waals surface area contributed by atoms with Crippen LogP contribution >= 0.6 is 0 Å². The maximum absolute atomic E-state index is 13.4. The summed E-state index contributed by atoms with van der Waals surface area (Å²) >= 11 is 0. The van der Waals surface area contributed by atoms with Crippen LogP contribution in [0.1, 0.15) is 5.56 Å². The zero-order chi connectivity index (χ0) is 16.1. The lowest BCUT2D eigenvalue weighted by atomic mass is 10.2. The van der Waals surface area contributed by atoms with Crippen LogP contribution in [-0.4, -0.2) is 22.0 Å². The van der Waals surface area contributed by atoms with Gasteiger partial charge in [0.15, 0.2) is 0 Å². The van der Waals surface area contributed by atoms with Crippen molar-refractivity contribution in [3.8, 4) is 11.8 Å². The summed E-state index contributed by atoms with van der Waals surface area (Å²) in [7, 11) is 0. The topological polar surface area (TPSA) is 46.9 Å². The lowest BCUT2D eigenvalue weighted by Gasteiger charge is -2.03. The Labute approximate surface area is 133 Å². The van der Waals surface area contributed by atoms with Gasteiger partial charge in [0.2, 0.25) is 5.91 Å². The van der Waals surface area contributed by atoms with E-state index in [2.05, 4.69) is 22.1 Å². The second-order valence-electron chi connectivity index (χ2n) is 4.92. The van der Waals surface area contributed by atoms with Gasteiger partial charge in [0.1, 0.15) is 12.4 Å². The molecule has 0 atom stereocenters. The molecule has 0 fully saturated rings. The van der Waals surface area contributed by atoms with E-state index in [1.54, 1.807) is 29.1 Å². The molecule has 1 heterocycles. The van der Waals surface area contributed by atoms with Gasteiger partial charge < -0.3 is 9.88 Å². The van der Waals surface area contributed by atoms with Gasteiger partial charge in [0, 0.05) is 0 Å². The third-order valence-corrected chi connectivity index (χ3v) is 3.31. The summed E-state index contributed by atoms with van der Waals surface area (Å²) in [4.78, 5) is 16.2. The molecule has 0 unspecified atom stereocenters. The summed E-state index contributed by atoms with van der Waals surface area (Å²) in [5.74, 6) is 4.91. The Hall–Kier alpha value is -3.13. The quantitative estimate of drug-likeness (QED) is 0.755. The molecule has 0 bridgehead atoms. The Morgan fingerprint density at radius 3 is 2.83 bits per heavy atom. The third-order valence-electron chi connectivity index (χ3n) is 3.31. The van der Waals surface area contributed by atoms with Crippen molar-refractivity contribution < 1.29 is 9.18 Å². The first-order chi connectivity index (χ1) is 11.2. The SMILES string of the molecule is O=C(Cn1cnc2ccccc21)NCC#Cc1ccccc1F. The Bertz CT molecular complexity index is 905. The molecule has 1 amide bonds. The molecule has 4 nitrogen and oxygen atoms in total. The van der Waals surface area contributed by atoms with Gasteiger partial charge >= 0.3 is 0 Å². The third kappa shape index (κ3) is 3.55. The number of para-hydroxylation sites is 2. The summed E-state index contributed by atoms with van der Waals surface area (Å²) in [5, 5.41) is 2.69. The van der Waals surface area contributed by atoms with Crippen LogP contribution in [-0.2, 0) is 11.3 Å². The minimum Gasteiger partial charge on any atom is -0.344 e. The minimum absolute atomic E-state index is 0.166. The molecule has 0 spiro atoms. The van der Waals surface area contributed by atoms with Crippen molar-refractivity contribution in [1.82, 2.24) is 14.9 Å². The molecule has 114 valence electrons. The summed E-state index contributed by atoms with van der Waals surface area (Å²) in [6.45, 7) is 0.335. The molecule has 0 saturated carbocycles. The second-order valence-corrected chi connectivity index (χ2v) is 4.92. The van der Waals surface area contributed by atoms with E-state index in [0.29, 0.717) is 5.56 Å². The van der Waals surface area contributed by atoms with Gasteiger partial charge in [-0.1, -0.05) is 36.1 Å². The Balaban J connectivity index is 1.58. The summed E-state index contributed by atoms with van der Waals surface area (Å²) in [6.07, 6.45) is 1.63. The van der Waals surface area contributed by atoms with Crippen LogP contribution < -0.4 is 5.32 Å². The maximum atomic E-state index is 13.4. The average Bonchev–Trinajstić information content (AvgIpc) is 2.96. The molecule has 0 saturated heterocycles. The fraction of sp³-hybridized carbons (Fsp3) is 0.111. The fourth-order valence-electron chi connectivity index (χ4n) is 2.19.